The summed E-state index contributed by atoms with van der Waals surface area (Å²) in [6.45, 7) is 3.82. The molecule has 3 rings (SSSR count). The Balaban J connectivity index is 1.58. The first kappa shape index (κ1) is 19.3. The van der Waals surface area contributed by atoms with E-state index in [2.05, 4.69) is 15.5 Å². The van der Waals surface area contributed by atoms with Gasteiger partial charge in [-0.3, -0.25) is 9.36 Å². The van der Waals surface area contributed by atoms with E-state index in [4.69, 9.17) is 23.8 Å². The fourth-order valence-corrected chi connectivity index (χ4v) is 2.91. The maximum absolute atomic E-state index is 13.0. The van der Waals surface area contributed by atoms with Crippen molar-refractivity contribution >= 4 is 34.6 Å². The van der Waals surface area contributed by atoms with E-state index in [1.165, 1.54) is 12.1 Å². The maximum atomic E-state index is 13.0. The minimum atomic E-state index is -0.251. The standard InChI is InChI=1S/C18H20ClFN6S/c1-3-25-11-16(19)17(23-25)12-24(2)18(27)22-15-8-21-26(10-15)9-13-4-6-14(20)7-5-13/h4-8,10-11H,3,9,12H2,1-2H3,(H,22,27). The molecule has 1 aromatic carbocycles. The number of halogens is 2. The molecule has 2 heterocycles. The monoisotopic (exact) mass is 406 g/mol. The van der Waals surface area contributed by atoms with E-state index in [1.807, 2.05) is 25.1 Å². The highest BCUT2D eigenvalue weighted by Crippen LogP contribution is 2.16. The van der Waals surface area contributed by atoms with Crippen molar-refractivity contribution in [2.45, 2.75) is 26.6 Å². The molecule has 0 saturated carbocycles. The summed E-state index contributed by atoms with van der Waals surface area (Å²) >= 11 is 11.7. The fourth-order valence-electron chi connectivity index (χ4n) is 2.51. The number of nitrogens with one attached hydrogen (secondary N) is 1. The average Bonchev–Trinajstić information content (AvgIpc) is 3.23. The van der Waals surface area contributed by atoms with E-state index < -0.39 is 0 Å². The van der Waals surface area contributed by atoms with E-state index in [-0.39, 0.29) is 5.82 Å². The highest BCUT2D eigenvalue weighted by Gasteiger charge is 2.12. The van der Waals surface area contributed by atoms with E-state index in [1.54, 1.807) is 33.9 Å². The number of aromatic nitrogens is 4. The molecule has 0 fully saturated rings. The Bertz CT molecular complexity index is 920. The second-order valence-electron chi connectivity index (χ2n) is 6.12. The van der Waals surface area contributed by atoms with Crippen LogP contribution in [0.3, 0.4) is 0 Å². The van der Waals surface area contributed by atoms with E-state index in [0.717, 1.165) is 23.5 Å². The van der Waals surface area contributed by atoms with Crippen molar-refractivity contribution in [1.29, 1.82) is 0 Å². The number of anilines is 1. The fraction of sp³-hybridized carbons (Fsp3) is 0.278. The van der Waals surface area contributed by atoms with Crippen molar-refractivity contribution < 1.29 is 4.39 Å². The molecule has 6 nitrogen and oxygen atoms in total. The first-order valence-corrected chi connectivity index (χ1v) is 9.24. The van der Waals surface area contributed by atoms with Gasteiger partial charge in [0, 0.05) is 26.0 Å². The Labute approximate surface area is 167 Å². The summed E-state index contributed by atoms with van der Waals surface area (Å²) in [4.78, 5) is 1.86. The third-order valence-corrected chi connectivity index (χ3v) is 4.72. The quantitative estimate of drug-likeness (QED) is 0.631. The predicted octanol–water partition coefficient (Wildman–Crippen LogP) is 3.77. The number of rotatable bonds is 6. The van der Waals surface area contributed by atoms with Gasteiger partial charge in [-0.1, -0.05) is 23.7 Å². The molecule has 0 spiro atoms. The zero-order valence-corrected chi connectivity index (χ0v) is 16.6. The summed E-state index contributed by atoms with van der Waals surface area (Å²) in [5.41, 5.74) is 2.52. The number of thiocarbonyl (C=S) groups is 1. The highest BCUT2D eigenvalue weighted by molar-refractivity contribution is 7.80. The Morgan fingerprint density at radius 1 is 1.26 bits per heavy atom. The molecule has 1 N–H and O–H groups in total. The lowest BCUT2D eigenvalue weighted by Crippen LogP contribution is -2.30. The topological polar surface area (TPSA) is 50.9 Å². The number of hydrogen-bond donors (Lipinski definition) is 1. The molecule has 0 aliphatic rings. The normalized spacial score (nSPS) is 10.8. The van der Waals surface area contributed by atoms with Crippen LogP contribution in [0.1, 0.15) is 18.2 Å². The van der Waals surface area contributed by atoms with Crippen molar-refractivity contribution in [3.63, 3.8) is 0 Å². The van der Waals surface area contributed by atoms with Gasteiger partial charge in [-0.15, -0.1) is 0 Å². The van der Waals surface area contributed by atoms with Gasteiger partial charge in [0.15, 0.2) is 5.11 Å². The Hall–Kier alpha value is -2.45. The molecule has 0 aliphatic heterocycles. The van der Waals surface area contributed by atoms with Crippen LogP contribution in [0.15, 0.2) is 42.9 Å². The van der Waals surface area contributed by atoms with Crippen LogP contribution in [-0.4, -0.2) is 36.6 Å². The lowest BCUT2D eigenvalue weighted by Gasteiger charge is -2.19. The molecule has 2 aromatic heterocycles. The smallest absolute Gasteiger partial charge is 0.173 e. The van der Waals surface area contributed by atoms with Gasteiger partial charge in [0.1, 0.15) is 11.5 Å². The van der Waals surface area contributed by atoms with Crippen molar-refractivity contribution in [2.24, 2.45) is 0 Å². The maximum Gasteiger partial charge on any atom is 0.173 e. The average molecular weight is 407 g/mol. The van der Waals surface area contributed by atoms with Crippen molar-refractivity contribution in [3.05, 3.63) is 65.0 Å². The number of nitrogens with zero attached hydrogens (tertiary/aromatic N) is 5. The summed E-state index contributed by atoms with van der Waals surface area (Å²) in [5.74, 6) is -0.251. The molecule has 3 aromatic rings. The van der Waals surface area contributed by atoms with Crippen LogP contribution in [0, 0.1) is 5.82 Å². The largest absolute Gasteiger partial charge is 0.346 e. The zero-order valence-electron chi connectivity index (χ0n) is 15.1. The molecule has 0 radical (unpaired) electrons. The van der Waals surface area contributed by atoms with Crippen molar-refractivity contribution in [1.82, 2.24) is 24.5 Å². The second-order valence-corrected chi connectivity index (χ2v) is 6.91. The summed E-state index contributed by atoms with van der Waals surface area (Å²) in [6.07, 6.45) is 5.35. The summed E-state index contributed by atoms with van der Waals surface area (Å²) < 4.78 is 16.5. The minimum absolute atomic E-state index is 0.251. The molecule has 9 heteroatoms. The minimum Gasteiger partial charge on any atom is -0.346 e. The summed E-state index contributed by atoms with van der Waals surface area (Å²) in [6, 6.07) is 6.35. The van der Waals surface area contributed by atoms with E-state index in [0.29, 0.717) is 23.2 Å². The summed E-state index contributed by atoms with van der Waals surface area (Å²) in [5, 5.41) is 13.0. The third kappa shape index (κ3) is 5.05. The molecule has 0 amide bonds. The number of benzene rings is 1. The molecular formula is C18H20ClFN6S. The third-order valence-electron chi connectivity index (χ3n) is 3.99. The lowest BCUT2D eigenvalue weighted by atomic mass is 10.2. The number of hydrogen-bond acceptors (Lipinski definition) is 3. The molecular weight excluding hydrogens is 387 g/mol. The van der Waals surface area contributed by atoms with Gasteiger partial charge in [0.25, 0.3) is 0 Å². The molecule has 142 valence electrons. The van der Waals surface area contributed by atoms with E-state index >= 15 is 0 Å². The molecule has 0 atom stereocenters. The van der Waals surface area contributed by atoms with Crippen LogP contribution < -0.4 is 5.32 Å². The molecule has 0 aliphatic carbocycles. The van der Waals surface area contributed by atoms with Gasteiger partial charge in [-0.05, 0) is 36.8 Å². The van der Waals surface area contributed by atoms with Crippen LogP contribution in [-0.2, 0) is 19.6 Å². The van der Waals surface area contributed by atoms with Crippen molar-refractivity contribution in [3.8, 4) is 0 Å². The molecule has 0 unspecified atom stereocenters. The van der Waals surface area contributed by atoms with Crippen LogP contribution in [0.2, 0.25) is 5.02 Å². The van der Waals surface area contributed by atoms with E-state index in [9.17, 15) is 4.39 Å². The van der Waals surface area contributed by atoms with Crippen molar-refractivity contribution in [2.75, 3.05) is 12.4 Å². The van der Waals surface area contributed by atoms with Gasteiger partial charge in [-0.2, -0.15) is 10.2 Å². The van der Waals surface area contributed by atoms with Crippen LogP contribution in [0.25, 0.3) is 0 Å². The van der Waals surface area contributed by atoms with Gasteiger partial charge in [0.05, 0.1) is 30.0 Å². The first-order valence-electron chi connectivity index (χ1n) is 8.45. The second kappa shape index (κ2) is 8.49. The summed E-state index contributed by atoms with van der Waals surface area (Å²) in [7, 11) is 1.87. The van der Waals surface area contributed by atoms with Crippen LogP contribution >= 0.6 is 23.8 Å². The first-order chi connectivity index (χ1) is 12.9. The predicted molar refractivity (Wildman–Crippen MR) is 108 cm³/mol. The van der Waals surface area contributed by atoms with Gasteiger partial charge >= 0.3 is 0 Å². The van der Waals surface area contributed by atoms with Gasteiger partial charge in [0.2, 0.25) is 0 Å². The molecule has 27 heavy (non-hydrogen) atoms. The van der Waals surface area contributed by atoms with Crippen LogP contribution in [0.4, 0.5) is 10.1 Å². The highest BCUT2D eigenvalue weighted by atomic mass is 35.5. The molecule has 0 bridgehead atoms. The lowest BCUT2D eigenvalue weighted by molar-refractivity contribution is 0.492. The Morgan fingerprint density at radius 2 is 2.00 bits per heavy atom. The molecule has 0 saturated heterocycles. The van der Waals surface area contributed by atoms with Gasteiger partial charge in [-0.25, -0.2) is 4.39 Å². The Kier molecular flexibility index (Phi) is 6.08. The SMILES string of the molecule is CCn1cc(Cl)c(CN(C)C(=S)Nc2cnn(Cc3ccc(F)cc3)c2)n1. The van der Waals surface area contributed by atoms with Crippen LogP contribution in [0.5, 0.6) is 0 Å². The number of aryl methyl sites for hydroxylation is 1. The zero-order chi connectivity index (χ0) is 19.4. The Morgan fingerprint density at radius 3 is 2.67 bits per heavy atom. The van der Waals surface area contributed by atoms with Gasteiger partial charge < -0.3 is 10.2 Å².